The van der Waals surface area contributed by atoms with Gasteiger partial charge in [-0.25, -0.2) is 14.2 Å². The third-order valence-corrected chi connectivity index (χ3v) is 5.88. The molecule has 0 bridgehead atoms. The number of allylic oxidation sites excluding steroid dienone is 2. The molecule has 1 N–H and O–H groups in total. The number of anilines is 1. The number of hydrogen-bond donors (Lipinski definition) is 1. The number of carbonyl (C=O) groups is 1. The predicted octanol–water partition coefficient (Wildman–Crippen LogP) is 6.17. The van der Waals surface area contributed by atoms with Crippen molar-refractivity contribution in [3.8, 4) is 22.4 Å². The van der Waals surface area contributed by atoms with Crippen LogP contribution in [0.5, 0.6) is 0 Å². The molecule has 0 aliphatic carbocycles. The summed E-state index contributed by atoms with van der Waals surface area (Å²) in [6.45, 7) is 9.79. The lowest BCUT2D eigenvalue weighted by molar-refractivity contribution is 0.0564. The molecule has 0 radical (unpaired) electrons. The number of aromatic nitrogens is 1. The van der Waals surface area contributed by atoms with Crippen LogP contribution < -0.4 is 5.32 Å². The second kappa shape index (κ2) is 10.4. The van der Waals surface area contributed by atoms with Crippen molar-refractivity contribution in [2.75, 3.05) is 31.6 Å². The zero-order valence-electron chi connectivity index (χ0n) is 19.3. The number of benzene rings is 2. The van der Waals surface area contributed by atoms with Crippen molar-refractivity contribution in [1.82, 2.24) is 9.88 Å². The Labute approximate surface area is 198 Å². The summed E-state index contributed by atoms with van der Waals surface area (Å²) >= 11 is 0. The van der Waals surface area contributed by atoms with Crippen molar-refractivity contribution in [2.24, 2.45) is 4.99 Å². The van der Waals surface area contributed by atoms with Crippen LogP contribution in [0, 0.1) is 5.82 Å². The summed E-state index contributed by atoms with van der Waals surface area (Å²) in [5, 5.41) is 2.88. The first-order valence-electron chi connectivity index (χ1n) is 11.1. The van der Waals surface area contributed by atoms with Crippen molar-refractivity contribution in [3.63, 3.8) is 0 Å². The molecule has 174 valence electrons. The molecule has 4 rings (SSSR count). The van der Waals surface area contributed by atoms with Gasteiger partial charge in [0, 0.05) is 29.8 Å². The number of hydrogen-bond acceptors (Lipinski definition) is 4. The normalized spacial score (nSPS) is 14.1. The molecule has 0 spiro atoms. The number of aliphatic imine (C=N–C) groups is 1. The van der Waals surface area contributed by atoms with Gasteiger partial charge in [-0.3, -0.25) is 10.3 Å². The monoisotopic (exact) mass is 458 g/mol. The van der Waals surface area contributed by atoms with E-state index in [0.29, 0.717) is 37.8 Å². The standard InChI is InChI=1S/C27H27FN4O2/c1-4-18(2)23-17-20(7-11-24(23)29-3)22-10-12-25(31-27(33)32-13-15-34-16-14-32)30-26(22)19-5-8-21(28)9-6-19/h4-12,17H,3,13-16H2,1-2H3,(H,30,31,33)/b18-4-. The van der Waals surface area contributed by atoms with Crippen LogP contribution in [0.25, 0.3) is 28.0 Å². The van der Waals surface area contributed by atoms with Crippen LogP contribution in [0.3, 0.4) is 0 Å². The fourth-order valence-electron chi connectivity index (χ4n) is 3.86. The SMILES string of the molecule is C=Nc1ccc(-c2ccc(NC(=O)N3CCOCC3)nc2-c2ccc(F)cc2)cc1/C(C)=C\C. The van der Waals surface area contributed by atoms with Gasteiger partial charge in [0.05, 0.1) is 24.6 Å². The number of ether oxygens (including phenoxy) is 1. The summed E-state index contributed by atoms with van der Waals surface area (Å²) in [7, 11) is 0. The molecule has 0 saturated carbocycles. The van der Waals surface area contributed by atoms with Crippen LogP contribution in [-0.2, 0) is 4.74 Å². The number of carbonyl (C=O) groups excluding carboxylic acids is 1. The Hall–Kier alpha value is -3.84. The van der Waals surface area contributed by atoms with Gasteiger partial charge >= 0.3 is 6.03 Å². The molecule has 1 saturated heterocycles. The van der Waals surface area contributed by atoms with Crippen LogP contribution in [0.1, 0.15) is 19.4 Å². The maximum atomic E-state index is 13.6. The molecule has 1 aliphatic rings. The first kappa shape index (κ1) is 23.3. The van der Waals surface area contributed by atoms with Crippen molar-refractivity contribution in [2.45, 2.75) is 13.8 Å². The summed E-state index contributed by atoms with van der Waals surface area (Å²) in [4.78, 5) is 23.3. The second-order valence-corrected chi connectivity index (χ2v) is 7.99. The second-order valence-electron chi connectivity index (χ2n) is 7.99. The maximum Gasteiger partial charge on any atom is 0.323 e. The largest absolute Gasteiger partial charge is 0.378 e. The summed E-state index contributed by atoms with van der Waals surface area (Å²) < 4.78 is 19.0. The number of nitrogens with zero attached hydrogens (tertiary/aromatic N) is 3. The average Bonchev–Trinajstić information content (AvgIpc) is 2.88. The lowest BCUT2D eigenvalue weighted by atomic mass is 9.95. The zero-order chi connectivity index (χ0) is 24.1. The van der Waals surface area contributed by atoms with Crippen LogP contribution in [-0.4, -0.2) is 48.9 Å². The highest BCUT2D eigenvalue weighted by Gasteiger charge is 2.19. The molecule has 7 heteroatoms. The van der Waals surface area contributed by atoms with Gasteiger partial charge in [-0.05, 0) is 80.2 Å². The lowest BCUT2D eigenvalue weighted by Crippen LogP contribution is -2.43. The Morgan fingerprint density at radius 3 is 2.50 bits per heavy atom. The zero-order valence-corrected chi connectivity index (χ0v) is 19.3. The van der Waals surface area contributed by atoms with Crippen LogP contribution in [0.2, 0.25) is 0 Å². The van der Waals surface area contributed by atoms with Gasteiger partial charge in [-0.15, -0.1) is 0 Å². The first-order valence-corrected chi connectivity index (χ1v) is 11.1. The van der Waals surface area contributed by atoms with Crippen LogP contribution in [0.15, 0.2) is 65.7 Å². The van der Waals surface area contributed by atoms with E-state index in [9.17, 15) is 9.18 Å². The topological polar surface area (TPSA) is 66.8 Å². The van der Waals surface area contributed by atoms with Crippen molar-refractivity contribution in [1.29, 1.82) is 0 Å². The summed E-state index contributed by atoms with van der Waals surface area (Å²) in [6, 6.07) is 15.6. The van der Waals surface area contributed by atoms with Gasteiger partial charge in [0.25, 0.3) is 0 Å². The molecule has 34 heavy (non-hydrogen) atoms. The molecule has 2 heterocycles. The van der Waals surface area contributed by atoms with E-state index in [1.54, 1.807) is 23.1 Å². The summed E-state index contributed by atoms with van der Waals surface area (Å²) in [6.07, 6.45) is 2.02. The first-order chi connectivity index (χ1) is 16.5. The number of rotatable bonds is 5. The molecular formula is C27H27FN4O2. The van der Waals surface area contributed by atoms with E-state index in [1.165, 1.54) is 12.1 Å². The van der Waals surface area contributed by atoms with Crippen molar-refractivity contribution in [3.05, 3.63) is 72.1 Å². The van der Waals surface area contributed by atoms with E-state index in [0.717, 1.165) is 33.5 Å². The van der Waals surface area contributed by atoms with Gasteiger partial charge in [0.1, 0.15) is 11.6 Å². The lowest BCUT2D eigenvalue weighted by Gasteiger charge is -2.26. The molecular weight excluding hydrogens is 431 g/mol. The van der Waals surface area contributed by atoms with Gasteiger partial charge in [0.15, 0.2) is 0 Å². The quantitative estimate of drug-likeness (QED) is 0.465. The Kier molecular flexibility index (Phi) is 7.13. The minimum Gasteiger partial charge on any atom is -0.378 e. The molecule has 2 aromatic carbocycles. The molecule has 1 aliphatic heterocycles. The fraction of sp³-hybridized carbons (Fsp3) is 0.222. The van der Waals surface area contributed by atoms with Gasteiger partial charge < -0.3 is 9.64 Å². The molecule has 0 unspecified atom stereocenters. The van der Waals surface area contributed by atoms with E-state index in [2.05, 4.69) is 23.1 Å². The Morgan fingerprint density at radius 1 is 1.12 bits per heavy atom. The Morgan fingerprint density at radius 2 is 1.82 bits per heavy atom. The minimum absolute atomic E-state index is 0.221. The van der Waals surface area contributed by atoms with E-state index < -0.39 is 0 Å². The van der Waals surface area contributed by atoms with Crippen molar-refractivity contribution < 1.29 is 13.9 Å². The van der Waals surface area contributed by atoms with Gasteiger partial charge in [0.2, 0.25) is 0 Å². The summed E-state index contributed by atoms with van der Waals surface area (Å²) in [5.41, 5.74) is 6.03. The number of nitrogens with one attached hydrogen (secondary N) is 1. The molecule has 1 aromatic heterocycles. The van der Waals surface area contributed by atoms with E-state index in [-0.39, 0.29) is 11.8 Å². The highest BCUT2D eigenvalue weighted by Crippen LogP contribution is 2.36. The molecule has 3 aromatic rings. The third kappa shape index (κ3) is 5.05. The van der Waals surface area contributed by atoms with Gasteiger partial charge in [-0.2, -0.15) is 0 Å². The third-order valence-electron chi connectivity index (χ3n) is 5.88. The maximum absolute atomic E-state index is 13.6. The fourth-order valence-corrected chi connectivity index (χ4v) is 3.86. The average molecular weight is 459 g/mol. The number of morpholine rings is 1. The molecule has 6 nitrogen and oxygen atoms in total. The smallest absolute Gasteiger partial charge is 0.323 e. The van der Waals surface area contributed by atoms with Crippen molar-refractivity contribution >= 4 is 29.8 Å². The highest BCUT2D eigenvalue weighted by atomic mass is 19.1. The highest BCUT2D eigenvalue weighted by molar-refractivity contribution is 5.91. The van der Waals surface area contributed by atoms with E-state index in [4.69, 9.17) is 9.72 Å². The van der Waals surface area contributed by atoms with Crippen LogP contribution >= 0.6 is 0 Å². The predicted molar refractivity (Wildman–Crippen MR) is 135 cm³/mol. The number of halogens is 1. The Bertz CT molecular complexity index is 1230. The van der Waals surface area contributed by atoms with Crippen LogP contribution in [0.4, 0.5) is 20.7 Å². The van der Waals surface area contributed by atoms with E-state index in [1.807, 2.05) is 38.1 Å². The number of pyridine rings is 1. The Balaban J connectivity index is 1.77. The molecule has 2 amide bonds. The van der Waals surface area contributed by atoms with Gasteiger partial charge in [-0.1, -0.05) is 12.1 Å². The number of urea groups is 1. The molecule has 1 fully saturated rings. The molecule has 0 atom stereocenters. The number of amides is 2. The minimum atomic E-state index is -0.325. The summed E-state index contributed by atoms with van der Waals surface area (Å²) in [5.74, 6) is 0.100. The van der Waals surface area contributed by atoms with E-state index >= 15 is 0 Å².